The van der Waals surface area contributed by atoms with E-state index in [2.05, 4.69) is 43.4 Å². The summed E-state index contributed by atoms with van der Waals surface area (Å²) in [6, 6.07) is 15.2. The highest BCUT2D eigenvalue weighted by Crippen LogP contribution is 2.18. The Bertz CT molecular complexity index is 753. The topological polar surface area (TPSA) is 64.6 Å². The molecular formula is C22H27NO4. The molecule has 0 aliphatic rings. The number of hydrogen-bond acceptors (Lipinski definition) is 4. The van der Waals surface area contributed by atoms with E-state index in [-0.39, 0.29) is 12.5 Å². The van der Waals surface area contributed by atoms with Gasteiger partial charge in [0.1, 0.15) is 11.3 Å². The molecule has 1 N–H and O–H groups in total. The maximum absolute atomic E-state index is 12.1. The van der Waals surface area contributed by atoms with E-state index in [1.54, 1.807) is 24.3 Å². The quantitative estimate of drug-likeness (QED) is 0.684. The number of hydrogen-bond donors (Lipinski definition) is 1. The molecule has 0 atom stereocenters. The third-order valence-electron chi connectivity index (χ3n) is 4.12. The van der Waals surface area contributed by atoms with Crippen molar-refractivity contribution < 1.29 is 19.1 Å². The van der Waals surface area contributed by atoms with Crippen molar-refractivity contribution in [2.45, 2.75) is 33.1 Å². The van der Waals surface area contributed by atoms with Crippen LogP contribution >= 0.6 is 0 Å². The molecule has 0 spiro atoms. The molecule has 0 aromatic heterocycles. The van der Waals surface area contributed by atoms with Crippen molar-refractivity contribution in [3.63, 3.8) is 0 Å². The van der Waals surface area contributed by atoms with Crippen LogP contribution in [0.2, 0.25) is 0 Å². The Morgan fingerprint density at radius 1 is 1.04 bits per heavy atom. The number of rotatable bonds is 9. The zero-order valence-corrected chi connectivity index (χ0v) is 16.2. The van der Waals surface area contributed by atoms with Gasteiger partial charge in [-0.3, -0.25) is 4.79 Å². The minimum Gasteiger partial charge on any atom is -0.493 e. The van der Waals surface area contributed by atoms with Gasteiger partial charge >= 0.3 is 5.97 Å². The Morgan fingerprint density at radius 2 is 1.74 bits per heavy atom. The summed E-state index contributed by atoms with van der Waals surface area (Å²) in [7, 11) is 0. The van der Waals surface area contributed by atoms with E-state index in [0.29, 0.717) is 30.4 Å². The summed E-state index contributed by atoms with van der Waals surface area (Å²) in [5.41, 5.74) is 2.77. The van der Waals surface area contributed by atoms with Gasteiger partial charge in [-0.1, -0.05) is 50.2 Å². The molecule has 5 nitrogen and oxygen atoms in total. The summed E-state index contributed by atoms with van der Waals surface area (Å²) >= 11 is 0. The number of benzene rings is 2. The molecule has 0 unspecified atom stereocenters. The highest BCUT2D eigenvalue weighted by Gasteiger charge is 2.14. The summed E-state index contributed by atoms with van der Waals surface area (Å²) in [5, 5.41) is 2.77. The van der Waals surface area contributed by atoms with Crippen molar-refractivity contribution >= 4 is 11.9 Å². The minimum atomic E-state index is -0.571. The molecule has 0 saturated carbocycles. The second-order valence-corrected chi connectivity index (χ2v) is 6.50. The second-order valence-electron chi connectivity index (χ2n) is 6.50. The van der Waals surface area contributed by atoms with Gasteiger partial charge in [0.2, 0.25) is 0 Å². The molecule has 0 radical (unpaired) electrons. The van der Waals surface area contributed by atoms with E-state index in [9.17, 15) is 9.59 Å². The summed E-state index contributed by atoms with van der Waals surface area (Å²) in [5.74, 6) is 0.0612. The summed E-state index contributed by atoms with van der Waals surface area (Å²) in [6.07, 6.45) is 0.727. The Labute approximate surface area is 160 Å². The van der Waals surface area contributed by atoms with Crippen LogP contribution < -0.4 is 10.1 Å². The lowest BCUT2D eigenvalue weighted by Gasteiger charge is -2.10. The van der Waals surface area contributed by atoms with Gasteiger partial charge in [0.05, 0.1) is 6.61 Å². The van der Waals surface area contributed by atoms with Gasteiger partial charge in [0, 0.05) is 6.54 Å². The number of nitrogens with one attached hydrogen (secondary N) is 1. The first kappa shape index (κ1) is 20.5. The zero-order chi connectivity index (χ0) is 19.6. The van der Waals surface area contributed by atoms with Crippen LogP contribution in [0.25, 0.3) is 0 Å². The third kappa shape index (κ3) is 6.44. The molecule has 144 valence electrons. The van der Waals surface area contributed by atoms with Crippen molar-refractivity contribution in [1.29, 1.82) is 0 Å². The number of esters is 1. The largest absolute Gasteiger partial charge is 0.493 e. The fourth-order valence-corrected chi connectivity index (χ4v) is 2.59. The Hall–Kier alpha value is -2.82. The average Bonchev–Trinajstić information content (AvgIpc) is 2.67. The van der Waals surface area contributed by atoms with Crippen LogP contribution in [0.5, 0.6) is 5.75 Å². The van der Waals surface area contributed by atoms with E-state index in [1.807, 2.05) is 6.92 Å². The molecule has 0 heterocycles. The number of amides is 1. The molecule has 2 aromatic rings. The Kier molecular flexibility index (Phi) is 7.86. The normalized spacial score (nSPS) is 10.5. The van der Waals surface area contributed by atoms with Crippen LogP contribution in [0.3, 0.4) is 0 Å². The summed E-state index contributed by atoms with van der Waals surface area (Å²) < 4.78 is 10.5. The van der Waals surface area contributed by atoms with Gasteiger partial charge in [0.15, 0.2) is 6.61 Å². The molecule has 0 aliphatic carbocycles. The molecule has 5 heteroatoms. The summed E-state index contributed by atoms with van der Waals surface area (Å²) in [6.45, 7) is 6.78. The molecule has 0 saturated heterocycles. The molecule has 0 bridgehead atoms. The lowest BCUT2D eigenvalue weighted by molar-refractivity contribution is -0.124. The molecular weight excluding hydrogens is 342 g/mol. The minimum absolute atomic E-state index is 0.314. The van der Waals surface area contributed by atoms with Crippen LogP contribution in [0, 0.1) is 0 Å². The van der Waals surface area contributed by atoms with Crippen LogP contribution in [0.4, 0.5) is 0 Å². The Morgan fingerprint density at radius 3 is 2.41 bits per heavy atom. The maximum atomic E-state index is 12.1. The average molecular weight is 369 g/mol. The van der Waals surface area contributed by atoms with Gasteiger partial charge in [0.25, 0.3) is 5.91 Å². The van der Waals surface area contributed by atoms with E-state index in [4.69, 9.17) is 9.47 Å². The van der Waals surface area contributed by atoms with Crippen molar-refractivity contribution in [3.8, 4) is 5.75 Å². The number of para-hydroxylation sites is 1. The first-order valence-electron chi connectivity index (χ1n) is 9.25. The van der Waals surface area contributed by atoms with Gasteiger partial charge < -0.3 is 14.8 Å². The zero-order valence-electron chi connectivity index (χ0n) is 16.2. The maximum Gasteiger partial charge on any atom is 0.342 e. The molecule has 27 heavy (non-hydrogen) atoms. The van der Waals surface area contributed by atoms with E-state index in [1.165, 1.54) is 5.56 Å². The molecule has 0 aliphatic heterocycles. The smallest absolute Gasteiger partial charge is 0.342 e. The highest BCUT2D eigenvalue weighted by atomic mass is 16.5. The second kappa shape index (κ2) is 10.4. The van der Waals surface area contributed by atoms with Gasteiger partial charge in [-0.2, -0.15) is 0 Å². The van der Waals surface area contributed by atoms with Crippen molar-refractivity contribution in [2.24, 2.45) is 0 Å². The van der Waals surface area contributed by atoms with E-state index < -0.39 is 5.97 Å². The number of carbonyl (C=O) groups is 2. The SMILES string of the molecule is CCOc1ccccc1C(=O)OCC(=O)NCCc1ccc(C(C)C)cc1. The van der Waals surface area contributed by atoms with Gasteiger partial charge in [-0.15, -0.1) is 0 Å². The van der Waals surface area contributed by atoms with Crippen LogP contribution in [0.1, 0.15) is 48.2 Å². The third-order valence-corrected chi connectivity index (χ3v) is 4.12. The molecule has 0 fully saturated rings. The fourth-order valence-electron chi connectivity index (χ4n) is 2.59. The first-order chi connectivity index (χ1) is 13.0. The monoisotopic (exact) mass is 369 g/mol. The lowest BCUT2D eigenvalue weighted by Crippen LogP contribution is -2.30. The highest BCUT2D eigenvalue weighted by molar-refractivity contribution is 5.93. The van der Waals surface area contributed by atoms with Crippen LogP contribution in [0.15, 0.2) is 48.5 Å². The lowest BCUT2D eigenvalue weighted by atomic mass is 10.0. The predicted molar refractivity (Wildman–Crippen MR) is 105 cm³/mol. The van der Waals surface area contributed by atoms with E-state index >= 15 is 0 Å². The van der Waals surface area contributed by atoms with Crippen molar-refractivity contribution in [3.05, 3.63) is 65.2 Å². The van der Waals surface area contributed by atoms with Crippen LogP contribution in [-0.4, -0.2) is 31.6 Å². The molecule has 1 amide bonds. The summed E-state index contributed by atoms with van der Waals surface area (Å²) in [4.78, 5) is 24.0. The van der Waals surface area contributed by atoms with Gasteiger partial charge in [-0.05, 0) is 42.5 Å². The number of ether oxygens (including phenoxy) is 2. The molecule has 2 aromatic carbocycles. The Balaban J connectivity index is 1.75. The predicted octanol–water partition coefficient (Wildman–Crippen LogP) is 3.72. The number of carbonyl (C=O) groups excluding carboxylic acids is 2. The van der Waals surface area contributed by atoms with Crippen molar-refractivity contribution in [1.82, 2.24) is 5.32 Å². The molecule has 2 rings (SSSR count). The van der Waals surface area contributed by atoms with E-state index in [0.717, 1.165) is 12.0 Å². The fraction of sp³-hybridized carbons (Fsp3) is 0.364. The van der Waals surface area contributed by atoms with Gasteiger partial charge in [-0.25, -0.2) is 4.79 Å². The van der Waals surface area contributed by atoms with Crippen molar-refractivity contribution in [2.75, 3.05) is 19.8 Å². The first-order valence-corrected chi connectivity index (χ1v) is 9.25. The van der Waals surface area contributed by atoms with Crippen LogP contribution in [-0.2, 0) is 16.0 Å². The standard InChI is InChI=1S/C22H27NO4/c1-4-26-20-8-6-5-7-19(20)22(25)27-15-21(24)23-14-13-17-9-11-18(12-10-17)16(2)3/h5-12,16H,4,13-15H2,1-3H3,(H,23,24).